The van der Waals surface area contributed by atoms with E-state index in [4.69, 9.17) is 10.5 Å². The van der Waals surface area contributed by atoms with Gasteiger partial charge in [0.1, 0.15) is 0 Å². The summed E-state index contributed by atoms with van der Waals surface area (Å²) in [6, 6.07) is 8.99. The van der Waals surface area contributed by atoms with Crippen molar-refractivity contribution >= 4 is 11.5 Å². The van der Waals surface area contributed by atoms with Crippen molar-refractivity contribution in [2.24, 2.45) is 0 Å². The van der Waals surface area contributed by atoms with Gasteiger partial charge in [0.05, 0.1) is 6.10 Å². The van der Waals surface area contributed by atoms with Gasteiger partial charge in [-0.25, -0.2) is 4.98 Å². The van der Waals surface area contributed by atoms with Gasteiger partial charge in [-0.15, -0.1) is 0 Å². The molecular weight excluding hydrogens is 346 g/mol. The highest BCUT2D eigenvalue weighted by atomic mass is 16.5. The minimum atomic E-state index is 0.0260. The van der Waals surface area contributed by atoms with Crippen molar-refractivity contribution in [2.45, 2.75) is 71.3 Å². The van der Waals surface area contributed by atoms with E-state index in [9.17, 15) is 0 Å². The number of hydrogen-bond donors (Lipinski definition) is 1. The molecular formula is C24H35N3O. The van der Waals surface area contributed by atoms with Gasteiger partial charge in [0.25, 0.3) is 0 Å². The second-order valence-corrected chi connectivity index (χ2v) is 9.32. The van der Waals surface area contributed by atoms with Gasteiger partial charge in [-0.2, -0.15) is 0 Å². The van der Waals surface area contributed by atoms with Crippen LogP contribution in [0.5, 0.6) is 5.75 Å². The van der Waals surface area contributed by atoms with Crippen LogP contribution in [0.1, 0.15) is 70.1 Å². The summed E-state index contributed by atoms with van der Waals surface area (Å²) in [6.45, 7) is 12.1. The zero-order valence-electron chi connectivity index (χ0n) is 18.2. The maximum Gasteiger partial charge on any atom is 0.166 e. The number of rotatable bonds is 6. The Hall–Kier alpha value is -2.23. The lowest BCUT2D eigenvalue weighted by Crippen LogP contribution is -2.17. The highest BCUT2D eigenvalue weighted by Crippen LogP contribution is 2.32. The zero-order valence-corrected chi connectivity index (χ0v) is 18.2. The predicted octanol–water partition coefficient (Wildman–Crippen LogP) is 5.30. The second kappa shape index (κ2) is 8.02. The molecule has 0 amide bonds. The van der Waals surface area contributed by atoms with Crippen molar-refractivity contribution in [3.8, 4) is 5.75 Å². The number of ether oxygens (including phenoxy) is 1. The second-order valence-electron chi connectivity index (χ2n) is 9.32. The summed E-state index contributed by atoms with van der Waals surface area (Å²) in [7, 11) is 2.17. The van der Waals surface area contributed by atoms with E-state index in [1.54, 1.807) is 0 Å². The van der Waals surface area contributed by atoms with E-state index in [2.05, 4.69) is 69.7 Å². The molecule has 0 saturated carbocycles. The fraction of sp³-hybridized carbons (Fsp3) is 0.542. The van der Waals surface area contributed by atoms with E-state index in [-0.39, 0.29) is 11.5 Å². The molecule has 4 heteroatoms. The number of pyridine rings is 1. The Morgan fingerprint density at radius 1 is 1.18 bits per heavy atom. The van der Waals surface area contributed by atoms with Crippen LogP contribution in [0.15, 0.2) is 30.5 Å². The SMILES string of the molecule is CC(CCC(C)c1ccc2c(c1)CCN2C)Oc1cc(C(C)(C)C)cnc1N. The molecule has 2 atom stereocenters. The third-order valence-corrected chi connectivity index (χ3v) is 5.88. The number of fused-ring (bicyclic) bond motifs is 1. The van der Waals surface area contributed by atoms with Crippen LogP contribution in [0.4, 0.5) is 11.5 Å². The lowest BCUT2D eigenvalue weighted by Gasteiger charge is -2.22. The molecule has 28 heavy (non-hydrogen) atoms. The summed E-state index contributed by atoms with van der Waals surface area (Å²) in [6.07, 6.45) is 5.17. The van der Waals surface area contributed by atoms with Gasteiger partial charge in [-0.3, -0.25) is 0 Å². The van der Waals surface area contributed by atoms with Crippen LogP contribution < -0.4 is 15.4 Å². The first-order valence-electron chi connectivity index (χ1n) is 10.4. The molecule has 152 valence electrons. The molecule has 2 unspecified atom stereocenters. The number of nitrogens with two attached hydrogens (primary N) is 1. The standard InChI is InChI=1S/C24H35N3O/c1-16(18-9-10-21-19(13-18)11-12-27(21)6)7-8-17(2)28-22-14-20(24(3,4)5)15-26-23(22)25/h9-10,13-17H,7-8,11-12H2,1-6H3,(H2,25,26). The summed E-state index contributed by atoms with van der Waals surface area (Å²) in [5.74, 6) is 1.68. The van der Waals surface area contributed by atoms with Crippen molar-refractivity contribution in [1.29, 1.82) is 0 Å². The van der Waals surface area contributed by atoms with E-state index < -0.39 is 0 Å². The van der Waals surface area contributed by atoms with Gasteiger partial charge in [0, 0.05) is 25.5 Å². The summed E-state index contributed by atoms with van der Waals surface area (Å²) in [4.78, 5) is 6.67. The van der Waals surface area contributed by atoms with Gasteiger partial charge in [0.15, 0.2) is 11.6 Å². The maximum absolute atomic E-state index is 6.16. The van der Waals surface area contributed by atoms with Gasteiger partial charge < -0.3 is 15.4 Å². The van der Waals surface area contributed by atoms with Gasteiger partial charge in [-0.05, 0) is 66.3 Å². The molecule has 0 spiro atoms. The van der Waals surface area contributed by atoms with Crippen LogP contribution in [0, 0.1) is 0 Å². The lowest BCUT2D eigenvalue weighted by atomic mass is 9.88. The number of nitrogen functional groups attached to an aromatic ring is 1. The summed E-state index contributed by atoms with van der Waals surface area (Å²) >= 11 is 0. The summed E-state index contributed by atoms with van der Waals surface area (Å²) in [5, 5.41) is 0. The first-order chi connectivity index (χ1) is 13.1. The molecule has 2 heterocycles. The highest BCUT2D eigenvalue weighted by molar-refractivity contribution is 5.58. The van der Waals surface area contributed by atoms with E-state index in [1.165, 1.54) is 16.8 Å². The molecule has 2 N–H and O–H groups in total. The number of aromatic nitrogens is 1. The molecule has 0 saturated heterocycles. The Morgan fingerprint density at radius 3 is 2.64 bits per heavy atom. The van der Waals surface area contributed by atoms with Crippen molar-refractivity contribution in [3.63, 3.8) is 0 Å². The monoisotopic (exact) mass is 381 g/mol. The van der Waals surface area contributed by atoms with Gasteiger partial charge in [-0.1, -0.05) is 39.8 Å². The molecule has 0 aliphatic carbocycles. The molecule has 0 bridgehead atoms. The van der Waals surface area contributed by atoms with E-state index in [0.29, 0.717) is 17.5 Å². The Balaban J connectivity index is 1.59. The van der Waals surface area contributed by atoms with Gasteiger partial charge >= 0.3 is 0 Å². The molecule has 0 radical (unpaired) electrons. The van der Waals surface area contributed by atoms with Crippen LogP contribution in [-0.4, -0.2) is 24.7 Å². The average Bonchev–Trinajstić information content (AvgIpc) is 3.01. The van der Waals surface area contributed by atoms with Crippen molar-refractivity contribution < 1.29 is 4.74 Å². The molecule has 3 rings (SSSR count). The predicted molar refractivity (Wildman–Crippen MR) is 119 cm³/mol. The first-order valence-corrected chi connectivity index (χ1v) is 10.4. The fourth-order valence-corrected chi connectivity index (χ4v) is 3.78. The smallest absolute Gasteiger partial charge is 0.166 e. The molecule has 0 fully saturated rings. The third kappa shape index (κ3) is 4.60. The lowest BCUT2D eigenvalue weighted by molar-refractivity contribution is 0.205. The Bertz CT molecular complexity index is 825. The number of likely N-dealkylation sites (N-methyl/N-ethyl adjacent to an activating group) is 1. The molecule has 1 aromatic heterocycles. The third-order valence-electron chi connectivity index (χ3n) is 5.88. The Kier molecular flexibility index (Phi) is 5.87. The maximum atomic E-state index is 6.16. The van der Waals surface area contributed by atoms with Crippen molar-refractivity contribution in [2.75, 3.05) is 24.2 Å². The molecule has 1 aliphatic rings. The Morgan fingerprint density at radius 2 is 1.93 bits per heavy atom. The first kappa shape index (κ1) is 20.5. The normalized spacial score (nSPS) is 16.0. The Labute approximate surface area is 170 Å². The molecule has 1 aromatic carbocycles. The number of nitrogens with zero attached hydrogens (tertiary/aromatic N) is 2. The van der Waals surface area contributed by atoms with Crippen molar-refractivity contribution in [1.82, 2.24) is 4.98 Å². The van der Waals surface area contributed by atoms with Crippen molar-refractivity contribution in [3.05, 3.63) is 47.2 Å². The van der Waals surface area contributed by atoms with Crippen LogP contribution >= 0.6 is 0 Å². The number of benzene rings is 1. The number of anilines is 2. The summed E-state index contributed by atoms with van der Waals surface area (Å²) < 4.78 is 6.16. The summed E-state index contributed by atoms with van der Waals surface area (Å²) in [5.41, 5.74) is 11.5. The number of hydrogen-bond acceptors (Lipinski definition) is 4. The molecule has 4 nitrogen and oxygen atoms in total. The van der Waals surface area contributed by atoms with Gasteiger partial charge in [0.2, 0.25) is 0 Å². The van der Waals surface area contributed by atoms with Crippen LogP contribution in [-0.2, 0) is 11.8 Å². The van der Waals surface area contributed by atoms with Crippen LogP contribution in [0.25, 0.3) is 0 Å². The van der Waals surface area contributed by atoms with Crippen LogP contribution in [0.2, 0.25) is 0 Å². The quantitative estimate of drug-likeness (QED) is 0.737. The zero-order chi connectivity index (χ0) is 20.5. The molecule has 1 aliphatic heterocycles. The molecule has 2 aromatic rings. The van der Waals surface area contributed by atoms with E-state index in [1.807, 2.05) is 12.3 Å². The minimum absolute atomic E-state index is 0.0260. The van der Waals surface area contributed by atoms with E-state index >= 15 is 0 Å². The topological polar surface area (TPSA) is 51.4 Å². The van der Waals surface area contributed by atoms with Crippen LogP contribution in [0.3, 0.4) is 0 Å². The van der Waals surface area contributed by atoms with E-state index in [0.717, 1.165) is 31.4 Å². The highest BCUT2D eigenvalue weighted by Gasteiger charge is 2.19. The average molecular weight is 382 g/mol. The fourth-order valence-electron chi connectivity index (χ4n) is 3.78. The largest absolute Gasteiger partial charge is 0.487 e. The minimum Gasteiger partial charge on any atom is -0.487 e.